The number of aromatic nitrogens is 2. The van der Waals surface area contributed by atoms with Crippen molar-refractivity contribution in [1.82, 2.24) is 15.0 Å². The fourth-order valence-corrected chi connectivity index (χ4v) is 1.30. The van der Waals surface area contributed by atoms with E-state index in [1.807, 2.05) is 0 Å². The predicted octanol–water partition coefficient (Wildman–Crippen LogP) is 2.72. The number of hydroxylamine groups is 2. The van der Waals surface area contributed by atoms with Crippen LogP contribution in [0.5, 0.6) is 0 Å². The quantitative estimate of drug-likeness (QED) is 0.719. The van der Waals surface area contributed by atoms with Crippen LogP contribution in [-0.4, -0.2) is 44.4 Å². The standard InChI is InChI=1S/C15H21N3O6/c1-14(2,3)22-12(20)18(13(21)23-15(4,5)6)24-11(19)10-7-8-16-9-17-10/h7-9H,1-6H3. The number of carbonyl (C=O) groups excluding carboxylic acids is 3. The van der Waals surface area contributed by atoms with Gasteiger partial charge < -0.3 is 14.3 Å². The number of carbonyl (C=O) groups is 3. The summed E-state index contributed by atoms with van der Waals surface area (Å²) in [6, 6.07) is 1.27. The van der Waals surface area contributed by atoms with Gasteiger partial charge in [-0.05, 0) is 52.7 Å². The van der Waals surface area contributed by atoms with Crippen LogP contribution in [0.25, 0.3) is 0 Å². The van der Waals surface area contributed by atoms with Crippen molar-refractivity contribution in [3.05, 3.63) is 24.3 Å². The van der Waals surface area contributed by atoms with Gasteiger partial charge >= 0.3 is 18.2 Å². The lowest BCUT2D eigenvalue weighted by molar-refractivity contribution is -0.107. The van der Waals surface area contributed by atoms with Crippen LogP contribution in [0.3, 0.4) is 0 Å². The zero-order valence-electron chi connectivity index (χ0n) is 14.5. The zero-order valence-corrected chi connectivity index (χ0v) is 14.5. The first-order valence-electron chi connectivity index (χ1n) is 7.13. The number of nitrogens with zero attached hydrogens (tertiary/aromatic N) is 3. The minimum atomic E-state index is -1.18. The third kappa shape index (κ3) is 6.59. The molecule has 1 aromatic rings. The average Bonchev–Trinajstić information content (AvgIpc) is 2.41. The Kier molecular flexibility index (Phi) is 5.83. The van der Waals surface area contributed by atoms with Crippen molar-refractivity contribution in [2.75, 3.05) is 0 Å². The van der Waals surface area contributed by atoms with Gasteiger partial charge in [0, 0.05) is 6.20 Å². The molecule has 2 amide bonds. The van der Waals surface area contributed by atoms with Gasteiger partial charge in [0.25, 0.3) is 0 Å². The van der Waals surface area contributed by atoms with Gasteiger partial charge in [-0.3, -0.25) is 0 Å². The van der Waals surface area contributed by atoms with E-state index in [0.29, 0.717) is 0 Å². The maximum absolute atomic E-state index is 12.1. The zero-order chi connectivity index (χ0) is 18.5. The van der Waals surface area contributed by atoms with Crippen molar-refractivity contribution in [3.8, 4) is 0 Å². The first kappa shape index (κ1) is 19.3. The fraction of sp³-hybridized carbons (Fsp3) is 0.533. The molecule has 0 spiro atoms. The lowest BCUT2D eigenvalue weighted by atomic mass is 10.2. The van der Waals surface area contributed by atoms with Gasteiger partial charge in [0.05, 0.1) is 0 Å². The van der Waals surface area contributed by atoms with Gasteiger partial charge in [0.2, 0.25) is 0 Å². The van der Waals surface area contributed by atoms with Crippen molar-refractivity contribution >= 4 is 18.2 Å². The van der Waals surface area contributed by atoms with E-state index in [9.17, 15) is 14.4 Å². The van der Waals surface area contributed by atoms with Crippen LogP contribution in [0.1, 0.15) is 52.0 Å². The van der Waals surface area contributed by atoms with Gasteiger partial charge in [-0.1, -0.05) is 0 Å². The van der Waals surface area contributed by atoms with E-state index in [-0.39, 0.29) is 10.8 Å². The summed E-state index contributed by atoms with van der Waals surface area (Å²) in [5, 5.41) is 0.126. The van der Waals surface area contributed by atoms with Gasteiger partial charge in [-0.2, -0.15) is 0 Å². The average molecular weight is 339 g/mol. The van der Waals surface area contributed by atoms with Gasteiger partial charge in [-0.15, -0.1) is 0 Å². The Morgan fingerprint density at radius 1 is 0.958 bits per heavy atom. The van der Waals surface area contributed by atoms with Gasteiger partial charge in [0.15, 0.2) is 5.69 Å². The minimum absolute atomic E-state index is 0.126. The third-order valence-electron chi connectivity index (χ3n) is 2.08. The highest BCUT2D eigenvalue weighted by Crippen LogP contribution is 2.15. The summed E-state index contributed by atoms with van der Waals surface area (Å²) in [5.41, 5.74) is -1.95. The van der Waals surface area contributed by atoms with E-state index in [2.05, 4.69) is 9.97 Å². The lowest BCUT2D eigenvalue weighted by Crippen LogP contribution is -2.44. The van der Waals surface area contributed by atoms with Crippen LogP contribution in [0.15, 0.2) is 18.6 Å². The lowest BCUT2D eigenvalue weighted by Gasteiger charge is -2.27. The van der Waals surface area contributed by atoms with E-state index in [4.69, 9.17) is 14.3 Å². The SMILES string of the molecule is CC(C)(C)OC(=O)N(OC(=O)c1ccncn1)C(=O)OC(C)(C)C. The summed E-state index contributed by atoms with van der Waals surface area (Å²) in [7, 11) is 0. The summed E-state index contributed by atoms with van der Waals surface area (Å²) in [4.78, 5) is 48.5. The Hall–Kier alpha value is -2.71. The first-order chi connectivity index (χ1) is 10.9. The van der Waals surface area contributed by atoms with Crippen LogP contribution < -0.4 is 0 Å². The second kappa shape index (κ2) is 7.24. The number of hydrogen-bond acceptors (Lipinski definition) is 8. The highest BCUT2D eigenvalue weighted by molar-refractivity contribution is 5.92. The van der Waals surface area contributed by atoms with Crippen molar-refractivity contribution in [1.29, 1.82) is 0 Å². The number of rotatable bonds is 1. The highest BCUT2D eigenvalue weighted by atomic mass is 16.8. The Balaban J connectivity index is 2.98. The van der Waals surface area contributed by atoms with E-state index < -0.39 is 29.4 Å². The fourth-order valence-electron chi connectivity index (χ4n) is 1.30. The topological polar surface area (TPSA) is 108 Å². The molecule has 1 heterocycles. The smallest absolute Gasteiger partial charge is 0.441 e. The number of amides is 2. The summed E-state index contributed by atoms with van der Waals surface area (Å²) in [5.74, 6) is -1.03. The molecule has 0 radical (unpaired) electrons. The Morgan fingerprint density at radius 2 is 1.46 bits per heavy atom. The molecule has 0 saturated carbocycles. The van der Waals surface area contributed by atoms with Crippen molar-refractivity contribution < 1.29 is 28.7 Å². The Bertz CT molecular complexity index is 576. The monoisotopic (exact) mass is 339 g/mol. The second-order valence-electron chi connectivity index (χ2n) is 6.73. The molecule has 0 aliphatic rings. The van der Waals surface area contributed by atoms with Crippen molar-refractivity contribution in [2.24, 2.45) is 0 Å². The molecule has 132 valence electrons. The molecule has 0 saturated heterocycles. The van der Waals surface area contributed by atoms with Crippen LogP contribution in [0.2, 0.25) is 0 Å². The van der Waals surface area contributed by atoms with Crippen LogP contribution >= 0.6 is 0 Å². The minimum Gasteiger partial charge on any atom is -0.441 e. The molecular formula is C15H21N3O6. The van der Waals surface area contributed by atoms with Crippen LogP contribution in [0.4, 0.5) is 9.59 Å². The summed E-state index contributed by atoms with van der Waals surface area (Å²) in [6.45, 7) is 9.61. The van der Waals surface area contributed by atoms with Gasteiger partial charge in [0.1, 0.15) is 17.5 Å². The van der Waals surface area contributed by atoms with Crippen molar-refractivity contribution in [2.45, 2.75) is 52.7 Å². The molecule has 0 fully saturated rings. The number of ether oxygens (including phenoxy) is 2. The normalized spacial score (nSPS) is 11.4. The highest BCUT2D eigenvalue weighted by Gasteiger charge is 2.35. The Labute approximate surface area is 139 Å². The maximum Gasteiger partial charge on any atom is 0.454 e. The third-order valence-corrected chi connectivity index (χ3v) is 2.08. The van der Waals surface area contributed by atoms with E-state index in [1.165, 1.54) is 12.3 Å². The molecule has 1 aromatic heterocycles. The molecule has 0 aliphatic carbocycles. The summed E-state index contributed by atoms with van der Waals surface area (Å²) < 4.78 is 10.1. The molecule has 0 N–H and O–H groups in total. The van der Waals surface area contributed by atoms with E-state index >= 15 is 0 Å². The second-order valence-corrected chi connectivity index (χ2v) is 6.73. The predicted molar refractivity (Wildman–Crippen MR) is 81.8 cm³/mol. The molecular weight excluding hydrogens is 318 g/mol. The number of imide groups is 1. The molecule has 0 aliphatic heterocycles. The van der Waals surface area contributed by atoms with E-state index in [1.54, 1.807) is 41.5 Å². The van der Waals surface area contributed by atoms with Crippen LogP contribution in [0, 0.1) is 0 Å². The molecule has 1 rings (SSSR count). The molecule has 24 heavy (non-hydrogen) atoms. The van der Waals surface area contributed by atoms with E-state index in [0.717, 1.165) is 6.33 Å². The molecule has 0 unspecified atom stereocenters. The first-order valence-corrected chi connectivity index (χ1v) is 7.13. The summed E-state index contributed by atoms with van der Waals surface area (Å²) in [6.07, 6.45) is 0.0786. The van der Waals surface area contributed by atoms with Crippen LogP contribution in [-0.2, 0) is 14.3 Å². The molecule has 9 nitrogen and oxygen atoms in total. The number of hydrogen-bond donors (Lipinski definition) is 0. The largest absolute Gasteiger partial charge is 0.454 e. The molecule has 9 heteroatoms. The van der Waals surface area contributed by atoms with Crippen molar-refractivity contribution in [3.63, 3.8) is 0 Å². The molecule has 0 aromatic carbocycles. The Morgan fingerprint density at radius 3 is 1.83 bits per heavy atom. The summed E-state index contributed by atoms with van der Waals surface area (Å²) >= 11 is 0. The van der Waals surface area contributed by atoms with Gasteiger partial charge in [-0.25, -0.2) is 24.4 Å². The molecule has 0 bridgehead atoms. The molecule has 0 atom stereocenters. The maximum atomic E-state index is 12.1.